The van der Waals surface area contributed by atoms with Gasteiger partial charge in [0, 0.05) is 12.1 Å². The molecule has 0 saturated carbocycles. The second kappa shape index (κ2) is 11.8. The van der Waals surface area contributed by atoms with E-state index in [1.54, 1.807) is 48.5 Å². The highest BCUT2D eigenvalue weighted by Crippen LogP contribution is 2.16. The Bertz CT molecular complexity index is 837. The standard InChI is InChI=1S/C22H27N3O3S/c1-3-5-8-15-28-17-13-11-16(12-14-17)20(26)25-22(29)24-19-10-7-6-9-18(19)21(27)23-4-2/h6-7,9-14H,3-5,8,15H2,1-2H3,(H,23,27)(H2,24,25,26,29). The summed E-state index contributed by atoms with van der Waals surface area (Å²) in [6, 6.07) is 13.9. The fourth-order valence-electron chi connectivity index (χ4n) is 2.62. The molecule has 0 aliphatic heterocycles. The van der Waals surface area contributed by atoms with E-state index in [9.17, 15) is 9.59 Å². The molecular formula is C22H27N3O3S. The SMILES string of the molecule is CCCCCOc1ccc(C(=O)NC(=S)Nc2ccccc2C(=O)NCC)cc1. The van der Waals surface area contributed by atoms with Crippen molar-refractivity contribution in [3.63, 3.8) is 0 Å². The highest BCUT2D eigenvalue weighted by atomic mass is 32.1. The van der Waals surface area contributed by atoms with Gasteiger partial charge in [-0.25, -0.2) is 0 Å². The first-order valence-electron chi connectivity index (χ1n) is 9.77. The van der Waals surface area contributed by atoms with E-state index >= 15 is 0 Å². The molecule has 0 aliphatic carbocycles. The maximum atomic E-state index is 12.4. The lowest BCUT2D eigenvalue weighted by Gasteiger charge is -2.13. The van der Waals surface area contributed by atoms with Crippen LogP contribution in [0.2, 0.25) is 0 Å². The van der Waals surface area contributed by atoms with E-state index in [1.165, 1.54) is 0 Å². The topological polar surface area (TPSA) is 79.5 Å². The molecule has 0 radical (unpaired) electrons. The number of anilines is 1. The molecule has 2 aromatic rings. The average molecular weight is 414 g/mol. The zero-order valence-corrected chi connectivity index (χ0v) is 17.6. The Morgan fingerprint density at radius 1 is 0.966 bits per heavy atom. The maximum Gasteiger partial charge on any atom is 0.257 e. The van der Waals surface area contributed by atoms with Crippen LogP contribution in [-0.4, -0.2) is 30.1 Å². The molecule has 154 valence electrons. The zero-order chi connectivity index (χ0) is 21.1. The lowest BCUT2D eigenvalue weighted by Crippen LogP contribution is -2.35. The summed E-state index contributed by atoms with van der Waals surface area (Å²) >= 11 is 5.23. The highest BCUT2D eigenvalue weighted by molar-refractivity contribution is 7.80. The van der Waals surface area contributed by atoms with E-state index < -0.39 is 0 Å². The Labute approximate surface area is 177 Å². The van der Waals surface area contributed by atoms with Crippen molar-refractivity contribution in [2.24, 2.45) is 0 Å². The molecule has 0 unspecified atom stereocenters. The van der Waals surface area contributed by atoms with Gasteiger partial charge in [0.05, 0.1) is 17.9 Å². The minimum Gasteiger partial charge on any atom is -0.494 e. The number of hydrogen-bond donors (Lipinski definition) is 3. The van der Waals surface area contributed by atoms with Crippen LogP contribution >= 0.6 is 12.2 Å². The van der Waals surface area contributed by atoms with Crippen molar-refractivity contribution in [3.8, 4) is 5.75 Å². The van der Waals surface area contributed by atoms with Crippen LogP contribution in [0.15, 0.2) is 48.5 Å². The van der Waals surface area contributed by atoms with E-state index in [0.717, 1.165) is 25.0 Å². The van der Waals surface area contributed by atoms with Crippen LogP contribution in [0.25, 0.3) is 0 Å². The number of rotatable bonds is 9. The summed E-state index contributed by atoms with van der Waals surface area (Å²) in [4.78, 5) is 24.6. The molecule has 0 saturated heterocycles. The van der Waals surface area contributed by atoms with Gasteiger partial charge in [-0.3, -0.25) is 14.9 Å². The van der Waals surface area contributed by atoms with Gasteiger partial charge in [0.2, 0.25) is 0 Å². The average Bonchev–Trinajstić information content (AvgIpc) is 2.72. The fraction of sp³-hybridized carbons (Fsp3) is 0.318. The molecule has 6 nitrogen and oxygen atoms in total. The number of para-hydroxylation sites is 1. The van der Waals surface area contributed by atoms with Crippen molar-refractivity contribution < 1.29 is 14.3 Å². The quantitative estimate of drug-likeness (QED) is 0.425. The molecular weight excluding hydrogens is 386 g/mol. The van der Waals surface area contributed by atoms with Crippen molar-refractivity contribution in [2.75, 3.05) is 18.5 Å². The van der Waals surface area contributed by atoms with Crippen LogP contribution in [0.3, 0.4) is 0 Å². The number of unbranched alkanes of at least 4 members (excludes halogenated alkanes) is 2. The van der Waals surface area contributed by atoms with Crippen LogP contribution in [0.5, 0.6) is 5.75 Å². The second-order valence-corrected chi connectivity index (χ2v) is 6.80. The van der Waals surface area contributed by atoms with Crippen LogP contribution < -0.4 is 20.7 Å². The van der Waals surface area contributed by atoms with Crippen molar-refractivity contribution in [2.45, 2.75) is 33.1 Å². The van der Waals surface area contributed by atoms with Gasteiger partial charge in [0.25, 0.3) is 11.8 Å². The molecule has 2 amide bonds. The highest BCUT2D eigenvalue weighted by Gasteiger charge is 2.13. The molecule has 2 rings (SSSR count). The number of nitrogens with one attached hydrogen (secondary N) is 3. The Balaban J connectivity index is 1.92. The first-order chi connectivity index (χ1) is 14.0. The van der Waals surface area contributed by atoms with Gasteiger partial charge < -0.3 is 15.4 Å². The summed E-state index contributed by atoms with van der Waals surface area (Å²) in [5, 5.41) is 8.41. The predicted octanol–water partition coefficient (Wildman–Crippen LogP) is 4.13. The smallest absolute Gasteiger partial charge is 0.257 e. The molecule has 7 heteroatoms. The van der Waals surface area contributed by atoms with Gasteiger partial charge in [-0.05, 0) is 62.0 Å². The number of carbonyl (C=O) groups excluding carboxylic acids is 2. The van der Waals surface area contributed by atoms with Gasteiger partial charge in [0.15, 0.2) is 5.11 Å². The molecule has 0 bridgehead atoms. The van der Waals surface area contributed by atoms with Gasteiger partial charge in [-0.2, -0.15) is 0 Å². The fourth-order valence-corrected chi connectivity index (χ4v) is 2.82. The monoisotopic (exact) mass is 413 g/mol. The molecule has 0 heterocycles. The van der Waals surface area contributed by atoms with Gasteiger partial charge >= 0.3 is 0 Å². The largest absolute Gasteiger partial charge is 0.494 e. The Morgan fingerprint density at radius 3 is 2.38 bits per heavy atom. The first kappa shape index (κ1) is 22.4. The number of thiocarbonyl (C=S) groups is 1. The summed E-state index contributed by atoms with van der Waals surface area (Å²) in [7, 11) is 0. The Hall–Kier alpha value is -2.93. The predicted molar refractivity (Wildman–Crippen MR) is 120 cm³/mol. The summed E-state index contributed by atoms with van der Waals surface area (Å²) in [6.45, 7) is 5.18. The van der Waals surface area contributed by atoms with E-state index in [1.807, 2.05) is 6.92 Å². The van der Waals surface area contributed by atoms with Crippen molar-refractivity contribution in [3.05, 3.63) is 59.7 Å². The Kier molecular flexibility index (Phi) is 9.11. The third-order valence-corrected chi connectivity index (χ3v) is 4.32. The number of benzene rings is 2. The van der Waals surface area contributed by atoms with E-state index in [2.05, 4.69) is 22.9 Å². The normalized spacial score (nSPS) is 10.1. The first-order valence-corrected chi connectivity index (χ1v) is 10.2. The summed E-state index contributed by atoms with van der Waals surface area (Å²) in [5.41, 5.74) is 1.45. The maximum absolute atomic E-state index is 12.4. The summed E-state index contributed by atoms with van der Waals surface area (Å²) < 4.78 is 5.65. The molecule has 0 atom stereocenters. The Morgan fingerprint density at radius 2 is 1.69 bits per heavy atom. The van der Waals surface area contributed by atoms with Crippen LogP contribution in [0.1, 0.15) is 53.8 Å². The second-order valence-electron chi connectivity index (χ2n) is 6.39. The number of hydrogen-bond acceptors (Lipinski definition) is 4. The molecule has 0 aromatic heterocycles. The minimum atomic E-state index is -0.337. The molecule has 2 aromatic carbocycles. The van der Waals surface area contributed by atoms with E-state index in [-0.39, 0.29) is 16.9 Å². The molecule has 0 aliphatic rings. The van der Waals surface area contributed by atoms with E-state index in [4.69, 9.17) is 17.0 Å². The third-order valence-electron chi connectivity index (χ3n) is 4.12. The number of ether oxygens (including phenoxy) is 1. The summed E-state index contributed by atoms with van der Waals surface area (Å²) in [6.07, 6.45) is 3.29. The van der Waals surface area contributed by atoms with Crippen molar-refractivity contribution >= 4 is 34.8 Å². The van der Waals surface area contributed by atoms with Crippen LogP contribution in [0.4, 0.5) is 5.69 Å². The molecule has 0 spiro atoms. The van der Waals surface area contributed by atoms with Gasteiger partial charge in [-0.1, -0.05) is 31.9 Å². The molecule has 3 N–H and O–H groups in total. The minimum absolute atomic E-state index is 0.117. The van der Waals surface area contributed by atoms with Crippen LogP contribution in [-0.2, 0) is 0 Å². The lowest BCUT2D eigenvalue weighted by molar-refractivity contribution is 0.0954. The van der Waals surface area contributed by atoms with Crippen molar-refractivity contribution in [1.82, 2.24) is 10.6 Å². The lowest BCUT2D eigenvalue weighted by atomic mass is 10.1. The summed E-state index contributed by atoms with van der Waals surface area (Å²) in [5.74, 6) is 0.184. The van der Waals surface area contributed by atoms with E-state index in [0.29, 0.717) is 30.0 Å². The number of carbonyl (C=O) groups is 2. The van der Waals surface area contributed by atoms with Crippen LogP contribution in [0, 0.1) is 0 Å². The third kappa shape index (κ3) is 7.19. The molecule has 29 heavy (non-hydrogen) atoms. The van der Waals surface area contributed by atoms with Crippen molar-refractivity contribution in [1.29, 1.82) is 0 Å². The number of amides is 2. The molecule has 0 fully saturated rings. The zero-order valence-electron chi connectivity index (χ0n) is 16.8. The van der Waals surface area contributed by atoms with Gasteiger partial charge in [-0.15, -0.1) is 0 Å². The van der Waals surface area contributed by atoms with Gasteiger partial charge in [0.1, 0.15) is 5.75 Å².